The highest BCUT2D eigenvalue weighted by atomic mass is 79.9. The Labute approximate surface area is 113 Å². The molecule has 0 saturated carbocycles. The van der Waals surface area contributed by atoms with Gasteiger partial charge in [0.1, 0.15) is 5.65 Å². The molecule has 2 aromatic rings. The van der Waals surface area contributed by atoms with Crippen LogP contribution in [0.4, 0.5) is 0 Å². The van der Waals surface area contributed by atoms with Crippen molar-refractivity contribution in [3.8, 4) is 6.07 Å². The number of fused-ring (bicyclic) bond motifs is 1. The average Bonchev–Trinajstić information content (AvgIpc) is 2.82. The summed E-state index contributed by atoms with van der Waals surface area (Å²) in [6.07, 6.45) is 9.52. The summed E-state index contributed by atoms with van der Waals surface area (Å²) in [5, 5.41) is 8.84. The molecule has 0 N–H and O–H groups in total. The monoisotopic (exact) mass is 299 g/mol. The quantitative estimate of drug-likeness (QED) is 0.805. The van der Waals surface area contributed by atoms with Crippen LogP contribution in [0.2, 0.25) is 0 Å². The Kier molecular flexibility index (Phi) is 2.77. The Morgan fingerprint density at radius 1 is 1.28 bits per heavy atom. The Morgan fingerprint density at radius 2 is 2.17 bits per heavy atom. The zero-order valence-electron chi connectivity index (χ0n) is 9.60. The fraction of sp³-hybridized carbons (Fsp3) is 0.143. The summed E-state index contributed by atoms with van der Waals surface area (Å²) >= 11 is 3.47. The van der Waals surface area contributed by atoms with E-state index < -0.39 is 0 Å². The highest BCUT2D eigenvalue weighted by Crippen LogP contribution is 2.27. The van der Waals surface area contributed by atoms with Gasteiger partial charge >= 0.3 is 0 Å². The summed E-state index contributed by atoms with van der Waals surface area (Å²) < 4.78 is 3.10. The van der Waals surface area contributed by atoms with Gasteiger partial charge in [-0.3, -0.25) is 4.40 Å². The first kappa shape index (κ1) is 11.2. The van der Waals surface area contributed by atoms with Gasteiger partial charge in [-0.05, 0) is 52.6 Å². The van der Waals surface area contributed by atoms with Gasteiger partial charge in [-0.15, -0.1) is 0 Å². The third-order valence-corrected chi connectivity index (χ3v) is 3.56. The first-order chi connectivity index (χ1) is 8.78. The molecule has 3 rings (SSSR count). The number of imidazole rings is 1. The smallest absolute Gasteiger partial charge is 0.137 e. The van der Waals surface area contributed by atoms with Gasteiger partial charge in [0.2, 0.25) is 0 Å². The molecule has 88 valence electrons. The van der Waals surface area contributed by atoms with E-state index in [4.69, 9.17) is 5.26 Å². The van der Waals surface area contributed by atoms with Crippen LogP contribution in [0, 0.1) is 11.3 Å². The summed E-state index contributed by atoms with van der Waals surface area (Å²) in [6.45, 7) is 0. The van der Waals surface area contributed by atoms with Crippen molar-refractivity contribution in [1.29, 1.82) is 5.26 Å². The third-order valence-electron chi connectivity index (χ3n) is 3.09. The molecule has 0 fully saturated rings. The van der Waals surface area contributed by atoms with E-state index in [9.17, 15) is 0 Å². The Hall–Kier alpha value is -1.86. The van der Waals surface area contributed by atoms with Crippen LogP contribution < -0.4 is 0 Å². The first-order valence-electron chi connectivity index (χ1n) is 5.71. The lowest BCUT2D eigenvalue weighted by Gasteiger charge is -2.10. The molecule has 0 saturated heterocycles. The van der Waals surface area contributed by atoms with Gasteiger partial charge in [-0.1, -0.05) is 6.08 Å². The number of halogens is 1. The summed E-state index contributed by atoms with van der Waals surface area (Å²) in [4.78, 5) is 4.39. The minimum absolute atomic E-state index is 0.809. The highest BCUT2D eigenvalue weighted by molar-refractivity contribution is 9.10. The fourth-order valence-electron chi connectivity index (χ4n) is 2.14. The van der Waals surface area contributed by atoms with Gasteiger partial charge in [0.15, 0.2) is 0 Å². The molecule has 1 aliphatic carbocycles. The fourth-order valence-corrected chi connectivity index (χ4v) is 2.47. The molecule has 0 unspecified atom stereocenters. The molecule has 2 heterocycles. The lowest BCUT2D eigenvalue weighted by atomic mass is 9.97. The molecule has 0 spiro atoms. The number of nitriles is 1. The molecule has 18 heavy (non-hydrogen) atoms. The number of nitrogens with zero attached hydrogens (tertiary/aromatic N) is 3. The van der Waals surface area contributed by atoms with Gasteiger partial charge in [0.05, 0.1) is 18.0 Å². The van der Waals surface area contributed by atoms with E-state index in [0.717, 1.165) is 34.2 Å². The van der Waals surface area contributed by atoms with Gasteiger partial charge < -0.3 is 0 Å². The van der Waals surface area contributed by atoms with Crippen molar-refractivity contribution in [3.63, 3.8) is 0 Å². The van der Waals surface area contributed by atoms with E-state index in [2.05, 4.69) is 31.4 Å². The van der Waals surface area contributed by atoms with Crippen LogP contribution in [0.3, 0.4) is 0 Å². The van der Waals surface area contributed by atoms with E-state index in [1.165, 1.54) is 5.57 Å². The number of aromatic nitrogens is 2. The largest absolute Gasteiger partial charge is 0.299 e. The van der Waals surface area contributed by atoms with Crippen molar-refractivity contribution in [2.45, 2.75) is 12.8 Å². The zero-order valence-corrected chi connectivity index (χ0v) is 11.2. The molecule has 0 aromatic carbocycles. The predicted molar refractivity (Wildman–Crippen MR) is 73.8 cm³/mol. The zero-order chi connectivity index (χ0) is 12.5. The predicted octanol–water partition coefficient (Wildman–Crippen LogP) is 3.72. The molecule has 0 bridgehead atoms. The van der Waals surface area contributed by atoms with Crippen molar-refractivity contribution in [1.82, 2.24) is 9.38 Å². The maximum atomic E-state index is 8.84. The number of pyridine rings is 1. The molecule has 0 atom stereocenters. The lowest BCUT2D eigenvalue weighted by molar-refractivity contribution is 0.991. The molecule has 1 aliphatic rings. The standard InChI is InChI=1S/C14H10BrN3/c15-12-5-6-14-17-8-13(18(14)9-12)11-3-1-10(7-16)2-4-11/h1,3,5-6,8-9H,2,4H2. The van der Waals surface area contributed by atoms with Crippen LogP contribution in [-0.4, -0.2) is 9.38 Å². The normalized spacial score (nSPS) is 15.1. The summed E-state index contributed by atoms with van der Waals surface area (Å²) in [6, 6.07) is 6.16. The molecule has 0 radical (unpaired) electrons. The summed E-state index contributed by atoms with van der Waals surface area (Å²) in [7, 11) is 0. The number of rotatable bonds is 1. The molecule has 2 aromatic heterocycles. The Bertz CT molecular complexity index is 716. The van der Waals surface area contributed by atoms with Crippen molar-refractivity contribution in [3.05, 3.63) is 52.4 Å². The minimum Gasteiger partial charge on any atom is -0.299 e. The molecule has 3 nitrogen and oxygen atoms in total. The molecule has 4 heteroatoms. The van der Waals surface area contributed by atoms with Crippen LogP contribution in [0.25, 0.3) is 11.2 Å². The second-order valence-electron chi connectivity index (χ2n) is 4.21. The summed E-state index contributed by atoms with van der Waals surface area (Å²) in [5.41, 5.74) is 4.09. The topological polar surface area (TPSA) is 41.1 Å². The van der Waals surface area contributed by atoms with Crippen LogP contribution in [0.5, 0.6) is 0 Å². The molecule has 0 aliphatic heterocycles. The minimum atomic E-state index is 0.809. The van der Waals surface area contributed by atoms with Crippen LogP contribution >= 0.6 is 15.9 Å². The van der Waals surface area contributed by atoms with Gasteiger partial charge in [-0.2, -0.15) is 5.26 Å². The Balaban J connectivity index is 2.11. The maximum Gasteiger partial charge on any atom is 0.137 e. The van der Waals surface area contributed by atoms with Crippen molar-refractivity contribution in [2.75, 3.05) is 0 Å². The lowest BCUT2D eigenvalue weighted by Crippen LogP contribution is -1.96. The van der Waals surface area contributed by atoms with Crippen LogP contribution in [-0.2, 0) is 0 Å². The maximum absolute atomic E-state index is 8.84. The molecular formula is C14H10BrN3. The van der Waals surface area contributed by atoms with E-state index in [-0.39, 0.29) is 0 Å². The van der Waals surface area contributed by atoms with E-state index in [1.807, 2.05) is 36.7 Å². The van der Waals surface area contributed by atoms with Crippen LogP contribution in [0.1, 0.15) is 18.5 Å². The van der Waals surface area contributed by atoms with Crippen molar-refractivity contribution < 1.29 is 0 Å². The van der Waals surface area contributed by atoms with Crippen LogP contribution in [0.15, 0.2) is 46.7 Å². The molecular weight excluding hydrogens is 290 g/mol. The number of hydrogen-bond acceptors (Lipinski definition) is 2. The average molecular weight is 300 g/mol. The van der Waals surface area contributed by atoms with Crippen molar-refractivity contribution >= 4 is 27.2 Å². The molecule has 0 amide bonds. The number of hydrogen-bond donors (Lipinski definition) is 0. The van der Waals surface area contributed by atoms with Crippen molar-refractivity contribution in [2.24, 2.45) is 0 Å². The highest BCUT2D eigenvalue weighted by Gasteiger charge is 2.12. The Morgan fingerprint density at radius 3 is 2.89 bits per heavy atom. The number of allylic oxidation sites excluding steroid dienone is 4. The van der Waals surface area contributed by atoms with Gasteiger partial charge in [0, 0.05) is 16.2 Å². The second-order valence-corrected chi connectivity index (χ2v) is 5.13. The van der Waals surface area contributed by atoms with Gasteiger partial charge in [-0.25, -0.2) is 4.98 Å². The third kappa shape index (κ3) is 1.87. The first-order valence-corrected chi connectivity index (χ1v) is 6.50. The summed E-state index contributed by atoms with van der Waals surface area (Å²) in [5.74, 6) is 0. The second kappa shape index (κ2) is 4.43. The van der Waals surface area contributed by atoms with E-state index in [1.54, 1.807) is 0 Å². The van der Waals surface area contributed by atoms with E-state index in [0.29, 0.717) is 0 Å². The SMILES string of the molecule is N#CC1=CC=C(c2cnc3ccc(Br)cn23)CC1. The van der Waals surface area contributed by atoms with Gasteiger partial charge in [0.25, 0.3) is 0 Å². The van der Waals surface area contributed by atoms with E-state index >= 15 is 0 Å².